The number of pyridine rings is 1. The Bertz CT molecular complexity index is 910. The van der Waals surface area contributed by atoms with Crippen LogP contribution in [0.3, 0.4) is 0 Å². The van der Waals surface area contributed by atoms with Gasteiger partial charge in [-0.25, -0.2) is 13.4 Å². The molecule has 0 saturated carbocycles. The average molecular weight is 389 g/mol. The van der Waals surface area contributed by atoms with Crippen molar-refractivity contribution < 1.29 is 17.6 Å². The first-order valence-electron chi connectivity index (χ1n) is 9.36. The van der Waals surface area contributed by atoms with Gasteiger partial charge in [0.2, 0.25) is 5.91 Å². The molecule has 8 heteroatoms. The molecule has 0 N–H and O–H groups in total. The second kappa shape index (κ2) is 7.42. The van der Waals surface area contributed by atoms with E-state index in [2.05, 4.69) is 9.97 Å². The summed E-state index contributed by atoms with van der Waals surface area (Å²) >= 11 is 0. The second-order valence-electron chi connectivity index (χ2n) is 7.27. The zero-order valence-electron chi connectivity index (χ0n) is 15.1. The fourth-order valence-electron chi connectivity index (χ4n) is 3.74. The first-order valence-corrected chi connectivity index (χ1v) is 11.2. The van der Waals surface area contributed by atoms with Crippen LogP contribution in [0.1, 0.15) is 35.7 Å². The molecule has 4 rings (SSSR count). The van der Waals surface area contributed by atoms with Crippen LogP contribution < -0.4 is 0 Å². The van der Waals surface area contributed by atoms with E-state index in [1.807, 2.05) is 18.3 Å². The van der Waals surface area contributed by atoms with Crippen LogP contribution >= 0.6 is 0 Å². The molecular formula is C19H23N3O4S. The molecule has 2 aliphatic heterocycles. The Morgan fingerprint density at radius 2 is 2.07 bits per heavy atom. The van der Waals surface area contributed by atoms with Crippen LogP contribution in [0.2, 0.25) is 0 Å². The SMILES string of the molecule is O=C(C1CCS(=O)(=O)CC1)N1CCc2oc(CCc3cccnc3)nc2C1. The molecule has 4 heterocycles. The Labute approximate surface area is 158 Å². The molecule has 0 atom stereocenters. The molecular weight excluding hydrogens is 366 g/mol. The molecule has 2 aromatic heterocycles. The number of hydrogen-bond acceptors (Lipinski definition) is 6. The van der Waals surface area contributed by atoms with E-state index in [9.17, 15) is 13.2 Å². The molecule has 1 saturated heterocycles. The first kappa shape index (κ1) is 18.2. The van der Waals surface area contributed by atoms with Gasteiger partial charge < -0.3 is 9.32 Å². The van der Waals surface area contributed by atoms with Gasteiger partial charge >= 0.3 is 0 Å². The molecule has 7 nitrogen and oxygen atoms in total. The fraction of sp³-hybridized carbons (Fsp3) is 0.526. The Morgan fingerprint density at radius 1 is 1.26 bits per heavy atom. The van der Waals surface area contributed by atoms with Gasteiger partial charge in [-0.05, 0) is 30.9 Å². The molecule has 0 bridgehead atoms. The van der Waals surface area contributed by atoms with E-state index in [0.717, 1.165) is 23.4 Å². The smallest absolute Gasteiger partial charge is 0.226 e. The number of amides is 1. The summed E-state index contributed by atoms with van der Waals surface area (Å²) in [4.78, 5) is 23.3. The highest BCUT2D eigenvalue weighted by Crippen LogP contribution is 2.26. The summed E-state index contributed by atoms with van der Waals surface area (Å²) in [5.74, 6) is 1.66. The van der Waals surface area contributed by atoms with E-state index in [0.29, 0.717) is 44.7 Å². The summed E-state index contributed by atoms with van der Waals surface area (Å²) < 4.78 is 29.0. The number of hydrogen-bond donors (Lipinski definition) is 0. The maximum Gasteiger partial charge on any atom is 0.226 e. The third-order valence-electron chi connectivity index (χ3n) is 5.34. The number of carbonyl (C=O) groups is 1. The van der Waals surface area contributed by atoms with Crippen LogP contribution in [0.15, 0.2) is 28.9 Å². The van der Waals surface area contributed by atoms with E-state index in [-0.39, 0.29) is 23.3 Å². The number of aryl methyl sites for hydroxylation is 2. The van der Waals surface area contributed by atoms with Gasteiger partial charge in [-0.15, -0.1) is 0 Å². The van der Waals surface area contributed by atoms with Gasteiger partial charge in [0, 0.05) is 37.7 Å². The quantitative estimate of drug-likeness (QED) is 0.788. The number of rotatable bonds is 4. The van der Waals surface area contributed by atoms with Gasteiger partial charge in [0.15, 0.2) is 5.89 Å². The van der Waals surface area contributed by atoms with Crippen molar-refractivity contribution in [3.05, 3.63) is 47.4 Å². The summed E-state index contributed by atoms with van der Waals surface area (Å²) in [5, 5.41) is 0. The highest BCUT2D eigenvalue weighted by atomic mass is 32.2. The van der Waals surface area contributed by atoms with E-state index < -0.39 is 9.84 Å². The van der Waals surface area contributed by atoms with Crippen molar-refractivity contribution in [3.8, 4) is 0 Å². The van der Waals surface area contributed by atoms with Crippen LogP contribution in [0.25, 0.3) is 0 Å². The standard InChI is InChI=1S/C19H23N3O4S/c23-19(15-6-10-27(24,25)11-7-15)22-9-5-17-16(13-22)21-18(26-17)4-3-14-2-1-8-20-12-14/h1-2,8,12,15H,3-7,9-11,13H2. The molecule has 1 amide bonds. The highest BCUT2D eigenvalue weighted by Gasteiger charge is 2.33. The summed E-state index contributed by atoms with van der Waals surface area (Å²) in [6, 6.07) is 3.94. The molecule has 27 heavy (non-hydrogen) atoms. The molecule has 1 fully saturated rings. The lowest BCUT2D eigenvalue weighted by molar-refractivity contribution is -0.136. The summed E-state index contributed by atoms with van der Waals surface area (Å²) in [7, 11) is -2.96. The van der Waals surface area contributed by atoms with Gasteiger partial charge in [-0.2, -0.15) is 0 Å². The minimum atomic E-state index is -2.96. The molecule has 2 aromatic rings. The van der Waals surface area contributed by atoms with Crippen LogP contribution in [0.5, 0.6) is 0 Å². The third-order valence-corrected chi connectivity index (χ3v) is 7.05. The zero-order chi connectivity index (χ0) is 18.9. The fourth-order valence-corrected chi connectivity index (χ4v) is 5.23. The lowest BCUT2D eigenvalue weighted by Crippen LogP contribution is -2.42. The Kier molecular flexibility index (Phi) is 4.99. The Morgan fingerprint density at radius 3 is 2.81 bits per heavy atom. The summed E-state index contributed by atoms with van der Waals surface area (Å²) in [6.45, 7) is 1.06. The molecule has 0 unspecified atom stereocenters. The number of carbonyl (C=O) groups excluding carboxylic acids is 1. The number of nitrogens with zero attached hydrogens (tertiary/aromatic N) is 3. The van der Waals surface area contributed by atoms with E-state index in [4.69, 9.17) is 4.42 Å². The topological polar surface area (TPSA) is 93.4 Å². The minimum Gasteiger partial charge on any atom is -0.445 e. The largest absolute Gasteiger partial charge is 0.445 e. The second-order valence-corrected chi connectivity index (χ2v) is 9.58. The number of fused-ring (bicyclic) bond motifs is 1. The van der Waals surface area contributed by atoms with Crippen LogP contribution in [-0.4, -0.2) is 47.2 Å². The molecule has 0 radical (unpaired) electrons. The normalized spacial score (nSPS) is 19.6. The summed E-state index contributed by atoms with van der Waals surface area (Å²) in [5.41, 5.74) is 1.97. The van der Waals surface area contributed by atoms with Crippen molar-refractivity contribution >= 4 is 15.7 Å². The monoisotopic (exact) mass is 389 g/mol. The van der Waals surface area contributed by atoms with Crippen molar-refractivity contribution in [3.63, 3.8) is 0 Å². The van der Waals surface area contributed by atoms with E-state index in [1.54, 1.807) is 11.1 Å². The van der Waals surface area contributed by atoms with Crippen LogP contribution in [0, 0.1) is 5.92 Å². The molecule has 144 valence electrons. The summed E-state index contributed by atoms with van der Waals surface area (Å²) in [6.07, 6.45) is 6.62. The Hall–Kier alpha value is -2.22. The lowest BCUT2D eigenvalue weighted by atomic mass is 10.00. The zero-order valence-corrected chi connectivity index (χ0v) is 16.0. The van der Waals surface area contributed by atoms with E-state index in [1.165, 1.54) is 0 Å². The predicted octanol–water partition coefficient (Wildman–Crippen LogP) is 1.56. The van der Waals surface area contributed by atoms with Crippen molar-refractivity contribution in [2.24, 2.45) is 5.92 Å². The van der Waals surface area contributed by atoms with Crippen LogP contribution in [0.4, 0.5) is 0 Å². The van der Waals surface area contributed by atoms with Gasteiger partial charge in [0.05, 0.1) is 18.1 Å². The molecule has 0 spiro atoms. The lowest BCUT2D eigenvalue weighted by Gasteiger charge is -2.30. The average Bonchev–Trinajstić information content (AvgIpc) is 3.09. The van der Waals surface area contributed by atoms with Crippen molar-refractivity contribution in [2.75, 3.05) is 18.1 Å². The molecule has 0 aromatic carbocycles. The third kappa shape index (κ3) is 4.21. The van der Waals surface area contributed by atoms with E-state index >= 15 is 0 Å². The Balaban J connectivity index is 1.37. The molecule has 0 aliphatic carbocycles. The number of aromatic nitrogens is 2. The minimum absolute atomic E-state index is 0.0514. The maximum atomic E-state index is 12.8. The van der Waals surface area contributed by atoms with Gasteiger partial charge in [-0.1, -0.05) is 6.07 Å². The molecule has 2 aliphatic rings. The maximum absolute atomic E-state index is 12.8. The van der Waals surface area contributed by atoms with Crippen LogP contribution in [-0.2, 0) is 40.4 Å². The predicted molar refractivity (Wildman–Crippen MR) is 98.6 cm³/mol. The van der Waals surface area contributed by atoms with Crippen molar-refractivity contribution in [1.29, 1.82) is 0 Å². The van der Waals surface area contributed by atoms with Gasteiger partial charge in [-0.3, -0.25) is 9.78 Å². The van der Waals surface area contributed by atoms with Gasteiger partial charge in [0.1, 0.15) is 21.3 Å². The van der Waals surface area contributed by atoms with Crippen molar-refractivity contribution in [1.82, 2.24) is 14.9 Å². The number of oxazole rings is 1. The van der Waals surface area contributed by atoms with Gasteiger partial charge in [0.25, 0.3) is 0 Å². The first-order chi connectivity index (χ1) is 13.0. The van der Waals surface area contributed by atoms with Crippen molar-refractivity contribution in [2.45, 2.75) is 38.6 Å². The number of sulfone groups is 1. The highest BCUT2D eigenvalue weighted by molar-refractivity contribution is 7.91.